The lowest BCUT2D eigenvalue weighted by Crippen LogP contribution is -2.36. The quantitative estimate of drug-likeness (QED) is 0.492. The topological polar surface area (TPSA) is 48.9 Å². The molecule has 2 aromatic carbocycles. The summed E-state index contributed by atoms with van der Waals surface area (Å²) in [4.78, 5) is 25.4. The molecule has 0 saturated carbocycles. The fraction of sp³-hybridized carbons (Fsp3) is 0.143. The van der Waals surface area contributed by atoms with Crippen LogP contribution in [0.5, 0.6) is 0 Å². The van der Waals surface area contributed by atoms with Crippen molar-refractivity contribution in [3.63, 3.8) is 0 Å². The Morgan fingerprint density at radius 3 is 2.11 bits per heavy atom. The lowest BCUT2D eigenvalue weighted by molar-refractivity contribution is 0.714. The molecule has 5 nitrogen and oxygen atoms in total. The molecule has 0 aliphatic rings. The summed E-state index contributed by atoms with van der Waals surface area (Å²) in [6.07, 6.45) is 1.86. The minimum atomic E-state index is -0.337. The molecular weight excluding hydrogens is 406 g/mol. The number of fused-ring (bicyclic) bond motifs is 1. The Morgan fingerprint density at radius 2 is 1.48 bits per heavy atom. The minimum Gasteiger partial charge on any atom is -0.314 e. The molecule has 0 spiro atoms. The van der Waals surface area contributed by atoms with Crippen molar-refractivity contribution in [2.45, 2.75) is 6.92 Å². The Kier molecular flexibility index (Phi) is 4.15. The Balaban J connectivity index is 2.18. The van der Waals surface area contributed by atoms with Gasteiger partial charge in [0.05, 0.1) is 16.6 Å². The Labute approximate surface area is 164 Å². The van der Waals surface area contributed by atoms with Crippen molar-refractivity contribution < 1.29 is 0 Å². The zero-order chi connectivity index (χ0) is 19.3. The summed E-state index contributed by atoms with van der Waals surface area (Å²) in [5.74, 6) is 0. The number of aromatic nitrogens is 3. The highest BCUT2D eigenvalue weighted by Gasteiger charge is 2.20. The van der Waals surface area contributed by atoms with Crippen LogP contribution in [0.2, 0.25) is 0 Å². The van der Waals surface area contributed by atoms with Gasteiger partial charge in [-0.15, -0.1) is 0 Å². The van der Waals surface area contributed by atoms with Gasteiger partial charge < -0.3 is 4.57 Å². The SMILES string of the molecule is Cc1ccc(-n2cc3c(c2-c2ccc(Br)cc2)c(=O)n(C)c(=O)n3C)cc1. The molecule has 0 saturated heterocycles. The summed E-state index contributed by atoms with van der Waals surface area (Å²) in [6.45, 7) is 2.03. The first-order chi connectivity index (χ1) is 12.9. The van der Waals surface area contributed by atoms with Gasteiger partial charge >= 0.3 is 5.69 Å². The van der Waals surface area contributed by atoms with E-state index in [4.69, 9.17) is 0 Å². The molecule has 0 bridgehead atoms. The molecule has 0 N–H and O–H groups in total. The summed E-state index contributed by atoms with van der Waals surface area (Å²) in [6, 6.07) is 15.9. The Morgan fingerprint density at radius 1 is 0.852 bits per heavy atom. The molecule has 0 radical (unpaired) electrons. The molecule has 27 heavy (non-hydrogen) atoms. The molecular formula is C21H18BrN3O2. The van der Waals surface area contributed by atoms with Crippen molar-refractivity contribution >= 4 is 26.8 Å². The van der Waals surface area contributed by atoms with Crippen molar-refractivity contribution in [1.29, 1.82) is 0 Å². The summed E-state index contributed by atoms with van der Waals surface area (Å²) in [5, 5.41) is 0.530. The number of halogens is 1. The van der Waals surface area contributed by atoms with Crippen molar-refractivity contribution in [1.82, 2.24) is 13.7 Å². The van der Waals surface area contributed by atoms with Gasteiger partial charge in [-0.1, -0.05) is 45.8 Å². The highest BCUT2D eigenvalue weighted by molar-refractivity contribution is 9.10. The minimum absolute atomic E-state index is 0.295. The summed E-state index contributed by atoms with van der Waals surface area (Å²) in [7, 11) is 3.20. The van der Waals surface area contributed by atoms with E-state index in [0.717, 1.165) is 31.5 Å². The van der Waals surface area contributed by atoms with Gasteiger partial charge in [-0.25, -0.2) is 4.79 Å². The van der Waals surface area contributed by atoms with Gasteiger partial charge in [0.2, 0.25) is 0 Å². The number of hydrogen-bond acceptors (Lipinski definition) is 2. The second-order valence-corrected chi connectivity index (χ2v) is 7.57. The second-order valence-electron chi connectivity index (χ2n) is 6.66. The van der Waals surface area contributed by atoms with E-state index in [0.29, 0.717) is 10.9 Å². The molecule has 0 aliphatic heterocycles. The third kappa shape index (κ3) is 2.77. The molecule has 0 aliphatic carbocycles. The number of aryl methyl sites for hydroxylation is 2. The number of nitrogens with zero attached hydrogens (tertiary/aromatic N) is 3. The maximum absolute atomic E-state index is 13.0. The van der Waals surface area contributed by atoms with E-state index in [1.165, 1.54) is 11.6 Å². The normalized spacial score (nSPS) is 11.3. The van der Waals surface area contributed by atoms with E-state index in [1.807, 2.05) is 66.2 Å². The zero-order valence-corrected chi connectivity index (χ0v) is 16.8. The van der Waals surface area contributed by atoms with E-state index < -0.39 is 0 Å². The van der Waals surface area contributed by atoms with E-state index in [2.05, 4.69) is 15.9 Å². The monoisotopic (exact) mass is 423 g/mol. The highest BCUT2D eigenvalue weighted by atomic mass is 79.9. The maximum Gasteiger partial charge on any atom is 0.330 e. The average Bonchev–Trinajstić information content (AvgIpc) is 3.06. The molecule has 6 heteroatoms. The van der Waals surface area contributed by atoms with Crippen LogP contribution < -0.4 is 11.2 Å². The Hall–Kier alpha value is -2.86. The first kappa shape index (κ1) is 17.5. The molecule has 4 aromatic rings. The predicted octanol–water partition coefficient (Wildman–Crippen LogP) is 3.77. The van der Waals surface area contributed by atoms with E-state index in [9.17, 15) is 9.59 Å². The van der Waals surface area contributed by atoms with Gasteiger partial charge in [0.25, 0.3) is 5.56 Å². The fourth-order valence-corrected chi connectivity index (χ4v) is 3.61. The molecule has 2 heterocycles. The lowest BCUT2D eigenvalue weighted by atomic mass is 10.1. The lowest BCUT2D eigenvalue weighted by Gasteiger charge is -2.10. The number of rotatable bonds is 2. The van der Waals surface area contributed by atoms with Crippen LogP contribution in [0, 0.1) is 6.92 Å². The van der Waals surface area contributed by atoms with Crippen LogP contribution in [0.4, 0.5) is 0 Å². The van der Waals surface area contributed by atoms with E-state index >= 15 is 0 Å². The van der Waals surface area contributed by atoms with E-state index in [1.54, 1.807) is 7.05 Å². The number of hydrogen-bond donors (Lipinski definition) is 0. The van der Waals surface area contributed by atoms with Crippen LogP contribution in [-0.2, 0) is 14.1 Å². The molecule has 0 atom stereocenters. The highest BCUT2D eigenvalue weighted by Crippen LogP contribution is 2.31. The van der Waals surface area contributed by atoms with Crippen molar-refractivity contribution in [2.24, 2.45) is 14.1 Å². The zero-order valence-electron chi connectivity index (χ0n) is 15.2. The predicted molar refractivity (Wildman–Crippen MR) is 112 cm³/mol. The maximum atomic E-state index is 13.0. The van der Waals surface area contributed by atoms with Crippen LogP contribution in [0.1, 0.15) is 5.56 Å². The molecule has 0 fully saturated rings. The first-order valence-corrected chi connectivity index (χ1v) is 9.32. The Bertz CT molecular complexity index is 1280. The van der Waals surface area contributed by atoms with Gasteiger partial charge in [-0.3, -0.25) is 13.9 Å². The van der Waals surface area contributed by atoms with E-state index in [-0.39, 0.29) is 11.2 Å². The summed E-state index contributed by atoms with van der Waals surface area (Å²) < 4.78 is 5.62. The van der Waals surface area contributed by atoms with Gasteiger partial charge in [-0.2, -0.15) is 0 Å². The summed E-state index contributed by atoms with van der Waals surface area (Å²) >= 11 is 3.46. The molecule has 2 aromatic heterocycles. The summed E-state index contributed by atoms with van der Waals surface area (Å²) in [5.41, 5.74) is 3.75. The average molecular weight is 424 g/mol. The van der Waals surface area contributed by atoms with Crippen LogP contribution in [0.25, 0.3) is 27.8 Å². The van der Waals surface area contributed by atoms with Gasteiger partial charge in [0, 0.05) is 30.5 Å². The smallest absolute Gasteiger partial charge is 0.314 e. The van der Waals surface area contributed by atoms with Gasteiger partial charge in [-0.05, 0) is 36.8 Å². The van der Waals surface area contributed by atoms with Gasteiger partial charge in [0.15, 0.2) is 0 Å². The van der Waals surface area contributed by atoms with Crippen LogP contribution in [-0.4, -0.2) is 13.7 Å². The van der Waals surface area contributed by atoms with Crippen LogP contribution in [0.15, 0.2) is 68.8 Å². The number of benzene rings is 2. The van der Waals surface area contributed by atoms with Crippen LogP contribution in [0.3, 0.4) is 0 Å². The van der Waals surface area contributed by atoms with Crippen molar-refractivity contribution in [2.75, 3.05) is 0 Å². The van der Waals surface area contributed by atoms with Crippen molar-refractivity contribution in [3.05, 3.63) is 85.6 Å². The largest absolute Gasteiger partial charge is 0.330 e. The molecule has 4 rings (SSSR count). The van der Waals surface area contributed by atoms with Gasteiger partial charge in [0.1, 0.15) is 0 Å². The second kappa shape index (κ2) is 6.39. The van der Waals surface area contributed by atoms with Crippen molar-refractivity contribution in [3.8, 4) is 16.9 Å². The molecule has 0 unspecified atom stereocenters. The van der Waals surface area contributed by atoms with Crippen LogP contribution >= 0.6 is 15.9 Å². The first-order valence-electron chi connectivity index (χ1n) is 8.52. The fourth-order valence-electron chi connectivity index (χ4n) is 3.34. The third-order valence-electron chi connectivity index (χ3n) is 4.87. The molecule has 136 valence electrons. The standard InChI is InChI=1S/C21H18BrN3O2/c1-13-4-10-16(11-5-13)25-12-17-18(20(26)24(3)21(27)23(17)2)19(25)14-6-8-15(22)9-7-14/h4-12H,1-3H3. The molecule has 0 amide bonds. The third-order valence-corrected chi connectivity index (χ3v) is 5.40.